The van der Waals surface area contributed by atoms with Crippen molar-refractivity contribution in [3.63, 3.8) is 0 Å². The van der Waals surface area contributed by atoms with Gasteiger partial charge in [0.1, 0.15) is 15.9 Å². The van der Waals surface area contributed by atoms with Crippen molar-refractivity contribution in [2.45, 2.75) is 25.4 Å². The molecule has 2 aromatic rings. The Morgan fingerprint density at radius 3 is 2.46 bits per heavy atom. The lowest BCUT2D eigenvalue weighted by Crippen LogP contribution is -2.48. The van der Waals surface area contributed by atoms with Crippen molar-refractivity contribution in [3.8, 4) is 0 Å². The fourth-order valence-electron chi connectivity index (χ4n) is 3.38. The Labute approximate surface area is 165 Å². The minimum atomic E-state index is -3.25. The summed E-state index contributed by atoms with van der Waals surface area (Å²) in [7, 11) is -3.25. The maximum absolute atomic E-state index is 12.8. The van der Waals surface area contributed by atoms with Crippen LogP contribution in [-0.4, -0.2) is 49.7 Å². The molecule has 7 heteroatoms. The van der Waals surface area contributed by atoms with E-state index in [1.54, 1.807) is 12.1 Å². The van der Waals surface area contributed by atoms with Crippen LogP contribution in [0, 0.1) is 0 Å². The largest absolute Gasteiger partial charge is 0.354 e. The van der Waals surface area contributed by atoms with Gasteiger partial charge in [0.05, 0.1) is 5.75 Å². The van der Waals surface area contributed by atoms with E-state index in [9.17, 15) is 18.0 Å². The number of nitrogens with zero attached hydrogens (tertiary/aromatic N) is 1. The smallest absolute Gasteiger partial charge is 0.255 e. The van der Waals surface area contributed by atoms with Gasteiger partial charge in [0.25, 0.3) is 5.91 Å². The van der Waals surface area contributed by atoms with Gasteiger partial charge in [0.2, 0.25) is 5.91 Å². The quantitative estimate of drug-likeness (QED) is 0.732. The molecule has 28 heavy (non-hydrogen) atoms. The van der Waals surface area contributed by atoms with E-state index in [0.717, 1.165) is 17.4 Å². The number of amides is 2. The number of benzene rings is 2. The van der Waals surface area contributed by atoms with Crippen molar-refractivity contribution in [1.29, 1.82) is 0 Å². The molecule has 2 amide bonds. The van der Waals surface area contributed by atoms with Gasteiger partial charge in [-0.25, -0.2) is 8.42 Å². The Kier molecular flexibility index (Phi) is 6.14. The van der Waals surface area contributed by atoms with Crippen molar-refractivity contribution in [2.75, 3.05) is 18.6 Å². The zero-order valence-electron chi connectivity index (χ0n) is 15.8. The van der Waals surface area contributed by atoms with E-state index in [4.69, 9.17) is 0 Å². The third kappa shape index (κ3) is 4.98. The zero-order valence-corrected chi connectivity index (χ0v) is 16.6. The highest BCUT2D eigenvalue weighted by Gasteiger charge is 2.36. The highest BCUT2D eigenvalue weighted by atomic mass is 32.2. The number of hydrogen-bond donors (Lipinski definition) is 1. The van der Waals surface area contributed by atoms with Gasteiger partial charge in [-0.15, -0.1) is 0 Å². The third-order valence-corrected chi connectivity index (χ3v) is 5.82. The van der Waals surface area contributed by atoms with Crippen molar-refractivity contribution in [1.82, 2.24) is 10.2 Å². The van der Waals surface area contributed by atoms with E-state index in [0.29, 0.717) is 25.1 Å². The summed E-state index contributed by atoms with van der Waals surface area (Å²) in [6.07, 6.45) is 1.88. The molecule has 1 aliphatic rings. The molecule has 0 radical (unpaired) electrons. The molecule has 1 N–H and O–H groups in total. The fraction of sp³-hybridized carbons (Fsp3) is 0.333. The number of rotatable bonds is 8. The molecule has 0 saturated carbocycles. The van der Waals surface area contributed by atoms with Crippen LogP contribution in [0.5, 0.6) is 0 Å². The predicted octanol–water partition coefficient (Wildman–Crippen LogP) is 1.80. The topological polar surface area (TPSA) is 83.6 Å². The maximum atomic E-state index is 12.8. The normalized spacial score (nSPS) is 14.6. The first-order chi connectivity index (χ1) is 13.3. The first kappa shape index (κ1) is 20.1. The maximum Gasteiger partial charge on any atom is 0.255 e. The molecule has 2 aromatic carbocycles. The second-order valence-corrected chi connectivity index (χ2v) is 9.31. The summed E-state index contributed by atoms with van der Waals surface area (Å²) in [5.41, 5.74) is 2.53. The summed E-state index contributed by atoms with van der Waals surface area (Å²) in [6.45, 7) is 0.739. The minimum absolute atomic E-state index is 0.0791. The van der Waals surface area contributed by atoms with E-state index in [2.05, 4.69) is 5.32 Å². The summed E-state index contributed by atoms with van der Waals surface area (Å²) >= 11 is 0. The average Bonchev–Trinajstić information content (AvgIpc) is 2.99. The van der Waals surface area contributed by atoms with E-state index >= 15 is 0 Å². The standard InChI is InChI=1S/C21H24N2O4S/c1-28(26,27)14-12-19(20(24)22-13-11-16-7-3-2-4-8-16)23-15-17-9-5-6-10-18(17)21(23)25/h2-10,19H,11-15H2,1H3,(H,22,24). The van der Waals surface area contributed by atoms with Crippen LogP contribution in [0.1, 0.15) is 27.9 Å². The Morgan fingerprint density at radius 2 is 1.79 bits per heavy atom. The first-order valence-electron chi connectivity index (χ1n) is 9.23. The monoisotopic (exact) mass is 400 g/mol. The first-order valence-corrected chi connectivity index (χ1v) is 11.3. The average molecular weight is 401 g/mol. The van der Waals surface area contributed by atoms with E-state index in [-0.39, 0.29) is 24.0 Å². The van der Waals surface area contributed by atoms with Crippen molar-refractivity contribution in [3.05, 3.63) is 71.3 Å². The minimum Gasteiger partial charge on any atom is -0.354 e. The summed E-state index contributed by atoms with van der Waals surface area (Å²) in [5.74, 6) is -0.697. The van der Waals surface area contributed by atoms with Crippen LogP contribution >= 0.6 is 0 Å². The summed E-state index contributed by atoms with van der Waals surface area (Å²) in [5, 5.41) is 2.86. The second kappa shape index (κ2) is 8.56. The fourth-order valence-corrected chi connectivity index (χ4v) is 4.03. The summed E-state index contributed by atoms with van der Waals surface area (Å²) in [4.78, 5) is 27.1. The third-order valence-electron chi connectivity index (χ3n) is 4.85. The van der Waals surface area contributed by atoms with Gasteiger partial charge in [-0.1, -0.05) is 48.5 Å². The van der Waals surface area contributed by atoms with Crippen LogP contribution in [0.15, 0.2) is 54.6 Å². The molecule has 1 heterocycles. The van der Waals surface area contributed by atoms with Crippen LogP contribution in [0.2, 0.25) is 0 Å². The Hall–Kier alpha value is -2.67. The lowest BCUT2D eigenvalue weighted by atomic mass is 10.1. The van der Waals surface area contributed by atoms with Crippen molar-refractivity contribution < 1.29 is 18.0 Å². The van der Waals surface area contributed by atoms with Gasteiger partial charge >= 0.3 is 0 Å². The number of fused-ring (bicyclic) bond motifs is 1. The number of carbonyl (C=O) groups is 2. The van der Waals surface area contributed by atoms with Gasteiger partial charge in [0, 0.05) is 24.9 Å². The number of sulfone groups is 1. The van der Waals surface area contributed by atoms with Crippen molar-refractivity contribution in [2.24, 2.45) is 0 Å². The molecule has 0 saturated heterocycles. The molecule has 1 unspecified atom stereocenters. The molecule has 6 nitrogen and oxygen atoms in total. The molecule has 0 aliphatic carbocycles. The lowest BCUT2D eigenvalue weighted by Gasteiger charge is -2.26. The molecule has 148 valence electrons. The van der Waals surface area contributed by atoms with Gasteiger partial charge < -0.3 is 10.2 Å². The van der Waals surface area contributed by atoms with Crippen LogP contribution in [0.4, 0.5) is 0 Å². The Morgan fingerprint density at radius 1 is 1.11 bits per heavy atom. The molecule has 1 atom stereocenters. The lowest BCUT2D eigenvalue weighted by molar-refractivity contribution is -0.125. The molecule has 0 bridgehead atoms. The number of carbonyl (C=O) groups excluding carboxylic acids is 2. The van der Waals surface area contributed by atoms with E-state index in [1.807, 2.05) is 42.5 Å². The molecule has 0 spiro atoms. The van der Waals surface area contributed by atoms with Gasteiger partial charge in [-0.05, 0) is 30.0 Å². The SMILES string of the molecule is CS(=O)(=O)CCC(C(=O)NCCc1ccccc1)N1Cc2ccccc2C1=O. The highest BCUT2D eigenvalue weighted by Crippen LogP contribution is 2.25. The van der Waals surface area contributed by atoms with Crippen LogP contribution in [0.3, 0.4) is 0 Å². The summed E-state index contributed by atoms with van der Waals surface area (Å²) < 4.78 is 23.3. The predicted molar refractivity (Wildman–Crippen MR) is 108 cm³/mol. The van der Waals surface area contributed by atoms with Gasteiger partial charge in [-0.3, -0.25) is 9.59 Å². The molecular weight excluding hydrogens is 376 g/mol. The molecule has 3 rings (SSSR count). The Balaban J connectivity index is 1.70. The number of nitrogens with one attached hydrogen (secondary N) is 1. The Bertz CT molecular complexity index is 957. The van der Waals surface area contributed by atoms with Crippen LogP contribution in [0.25, 0.3) is 0 Å². The van der Waals surface area contributed by atoms with E-state index in [1.165, 1.54) is 4.90 Å². The molecule has 0 fully saturated rings. The van der Waals surface area contributed by atoms with Crippen LogP contribution in [-0.2, 0) is 27.6 Å². The van der Waals surface area contributed by atoms with Crippen molar-refractivity contribution >= 4 is 21.7 Å². The molecule has 1 aliphatic heterocycles. The van der Waals surface area contributed by atoms with Gasteiger partial charge in [-0.2, -0.15) is 0 Å². The van der Waals surface area contributed by atoms with E-state index < -0.39 is 15.9 Å². The molecule has 0 aromatic heterocycles. The highest BCUT2D eigenvalue weighted by molar-refractivity contribution is 7.90. The van der Waals surface area contributed by atoms with Gasteiger partial charge in [0.15, 0.2) is 0 Å². The zero-order chi connectivity index (χ0) is 20.1. The second-order valence-electron chi connectivity index (χ2n) is 7.05. The number of hydrogen-bond acceptors (Lipinski definition) is 4. The van der Waals surface area contributed by atoms with Crippen LogP contribution < -0.4 is 5.32 Å². The molecular formula is C21H24N2O4S. The summed E-state index contributed by atoms with van der Waals surface area (Å²) in [6, 6.07) is 16.2.